The summed E-state index contributed by atoms with van der Waals surface area (Å²) in [7, 11) is 0. The molecule has 0 aliphatic carbocycles. The predicted octanol–water partition coefficient (Wildman–Crippen LogP) is 2.66. The summed E-state index contributed by atoms with van der Waals surface area (Å²) in [5.41, 5.74) is 1.45. The fourth-order valence-electron chi connectivity index (χ4n) is 1.24. The third-order valence-electron chi connectivity index (χ3n) is 2.02. The van der Waals surface area contributed by atoms with Gasteiger partial charge in [-0.15, -0.1) is 10.8 Å². The summed E-state index contributed by atoms with van der Waals surface area (Å²) in [5.74, 6) is 0. The Hall–Kier alpha value is 0.304. The zero-order valence-corrected chi connectivity index (χ0v) is 12.2. The standard InChI is InChI=1S/C9H7ClNOS.Y/c1-4-3-13-9-6(4)7(10)5(2)8(12)11-9;/h1-2H3,(H,11,12);/q-1;. The van der Waals surface area contributed by atoms with Crippen molar-refractivity contribution in [1.29, 1.82) is 0 Å². The molecule has 0 atom stereocenters. The molecule has 0 amide bonds. The fraction of sp³-hybridized carbons (Fsp3) is 0.222. The number of aromatic nitrogens is 1. The second-order valence-electron chi connectivity index (χ2n) is 2.93. The molecule has 14 heavy (non-hydrogen) atoms. The van der Waals surface area contributed by atoms with Gasteiger partial charge < -0.3 is 4.98 Å². The van der Waals surface area contributed by atoms with Crippen molar-refractivity contribution in [3.05, 3.63) is 31.9 Å². The van der Waals surface area contributed by atoms with E-state index in [2.05, 4.69) is 10.4 Å². The van der Waals surface area contributed by atoms with Gasteiger partial charge in [0.05, 0.1) is 0 Å². The summed E-state index contributed by atoms with van der Waals surface area (Å²) < 4.78 is 0. The van der Waals surface area contributed by atoms with Crippen molar-refractivity contribution >= 4 is 33.2 Å². The molecule has 0 aromatic carbocycles. The molecule has 0 fully saturated rings. The summed E-state index contributed by atoms with van der Waals surface area (Å²) in [5, 5.41) is 4.53. The van der Waals surface area contributed by atoms with Gasteiger partial charge in [0.15, 0.2) is 0 Å². The molecule has 0 aliphatic heterocycles. The number of aromatic amines is 1. The van der Waals surface area contributed by atoms with Crippen molar-refractivity contribution in [3.8, 4) is 0 Å². The Morgan fingerprint density at radius 2 is 2.07 bits per heavy atom. The van der Waals surface area contributed by atoms with Crippen LogP contribution in [0, 0.1) is 19.2 Å². The van der Waals surface area contributed by atoms with Crippen LogP contribution >= 0.6 is 22.9 Å². The molecule has 0 saturated carbocycles. The first-order valence-corrected chi connectivity index (χ1v) is 5.00. The van der Waals surface area contributed by atoms with Crippen LogP contribution in [0.3, 0.4) is 0 Å². The molecule has 2 rings (SSSR count). The smallest absolute Gasteiger partial charge is 0.240 e. The van der Waals surface area contributed by atoms with Gasteiger partial charge in [0, 0.05) is 38.3 Å². The van der Waals surface area contributed by atoms with E-state index in [1.165, 1.54) is 11.3 Å². The molecule has 5 heteroatoms. The molecule has 0 spiro atoms. The van der Waals surface area contributed by atoms with Gasteiger partial charge in [0.2, 0.25) is 5.56 Å². The zero-order valence-electron chi connectivity index (χ0n) is 7.77. The normalized spacial score (nSPS) is 10.2. The molecule has 2 aromatic heterocycles. The molecule has 0 bridgehead atoms. The van der Waals surface area contributed by atoms with E-state index in [0.29, 0.717) is 10.6 Å². The third-order valence-corrected chi connectivity index (χ3v) is 3.42. The number of halogens is 1. The number of aryl methyl sites for hydroxylation is 1. The van der Waals surface area contributed by atoms with Crippen molar-refractivity contribution < 1.29 is 32.7 Å². The molecular formula is C9H7ClNOSY-. The Morgan fingerprint density at radius 3 is 2.71 bits per heavy atom. The minimum Gasteiger partial charge on any atom is -0.376 e. The predicted molar refractivity (Wildman–Crippen MR) is 55.8 cm³/mol. The van der Waals surface area contributed by atoms with E-state index < -0.39 is 0 Å². The average molecular weight is 302 g/mol. The maximum absolute atomic E-state index is 11.3. The summed E-state index contributed by atoms with van der Waals surface area (Å²) in [4.78, 5) is 14.9. The van der Waals surface area contributed by atoms with Crippen LogP contribution in [0.5, 0.6) is 0 Å². The monoisotopic (exact) mass is 301 g/mol. The van der Waals surface area contributed by atoms with E-state index in [1.807, 2.05) is 6.92 Å². The zero-order chi connectivity index (χ0) is 9.59. The number of nitrogens with one attached hydrogen (secondary N) is 1. The van der Waals surface area contributed by atoms with Crippen LogP contribution in [0.4, 0.5) is 0 Å². The number of rotatable bonds is 0. The summed E-state index contributed by atoms with van der Waals surface area (Å²) >= 11 is 7.43. The summed E-state index contributed by atoms with van der Waals surface area (Å²) in [6.07, 6.45) is 0. The van der Waals surface area contributed by atoms with Crippen molar-refractivity contribution in [2.75, 3.05) is 0 Å². The van der Waals surface area contributed by atoms with Crippen molar-refractivity contribution in [2.45, 2.75) is 13.8 Å². The minimum absolute atomic E-state index is 0. The van der Waals surface area contributed by atoms with Gasteiger partial charge in [-0.2, -0.15) is 5.56 Å². The van der Waals surface area contributed by atoms with Gasteiger partial charge >= 0.3 is 0 Å². The third kappa shape index (κ3) is 1.83. The number of fused-ring (bicyclic) bond motifs is 1. The van der Waals surface area contributed by atoms with E-state index in [4.69, 9.17) is 11.6 Å². The molecule has 71 valence electrons. The van der Waals surface area contributed by atoms with Gasteiger partial charge in [0.25, 0.3) is 0 Å². The topological polar surface area (TPSA) is 32.9 Å². The molecular weight excluding hydrogens is 295 g/mol. The van der Waals surface area contributed by atoms with E-state index >= 15 is 0 Å². The molecule has 0 saturated heterocycles. The quantitative estimate of drug-likeness (QED) is 0.746. The van der Waals surface area contributed by atoms with Gasteiger partial charge in [-0.05, 0) is 11.9 Å². The SMILES string of the molecule is Cc1c(Cl)c2c(C)[c-]sc2[nH]c1=O.[Y]. The fourth-order valence-corrected chi connectivity index (χ4v) is 2.47. The summed E-state index contributed by atoms with van der Waals surface area (Å²) in [6, 6.07) is 0. The summed E-state index contributed by atoms with van der Waals surface area (Å²) in [6.45, 7) is 3.65. The number of pyridine rings is 1. The van der Waals surface area contributed by atoms with Crippen LogP contribution in [-0.2, 0) is 32.7 Å². The van der Waals surface area contributed by atoms with Crippen LogP contribution in [0.1, 0.15) is 11.1 Å². The Labute approximate surface area is 116 Å². The van der Waals surface area contributed by atoms with Crippen LogP contribution in [-0.4, -0.2) is 4.98 Å². The Bertz CT molecular complexity index is 531. The minimum atomic E-state index is -0.118. The molecule has 2 aromatic rings. The Kier molecular flexibility index (Phi) is 3.92. The van der Waals surface area contributed by atoms with Crippen LogP contribution < -0.4 is 5.56 Å². The molecule has 2 nitrogen and oxygen atoms in total. The van der Waals surface area contributed by atoms with Crippen molar-refractivity contribution in [1.82, 2.24) is 4.98 Å². The molecule has 2 heterocycles. The Morgan fingerprint density at radius 1 is 1.43 bits per heavy atom. The molecule has 0 unspecified atom stereocenters. The number of hydrogen-bond donors (Lipinski definition) is 1. The first-order chi connectivity index (χ1) is 6.11. The van der Waals surface area contributed by atoms with E-state index in [-0.39, 0.29) is 38.3 Å². The Balaban J connectivity index is 0.000000980. The maximum atomic E-state index is 11.3. The van der Waals surface area contributed by atoms with Crippen molar-refractivity contribution in [3.63, 3.8) is 0 Å². The molecule has 0 aliphatic rings. The number of hydrogen-bond acceptors (Lipinski definition) is 2. The van der Waals surface area contributed by atoms with Gasteiger partial charge in [-0.3, -0.25) is 16.1 Å². The largest absolute Gasteiger partial charge is 0.376 e. The van der Waals surface area contributed by atoms with Crippen LogP contribution in [0.15, 0.2) is 4.79 Å². The van der Waals surface area contributed by atoms with E-state index in [9.17, 15) is 4.79 Å². The van der Waals surface area contributed by atoms with Gasteiger partial charge in [-0.1, -0.05) is 23.4 Å². The van der Waals surface area contributed by atoms with Crippen LogP contribution in [0.2, 0.25) is 5.02 Å². The van der Waals surface area contributed by atoms with Crippen LogP contribution in [0.25, 0.3) is 10.2 Å². The number of thiophene rings is 1. The second kappa shape index (κ2) is 4.44. The first-order valence-electron chi connectivity index (χ1n) is 3.80. The van der Waals surface area contributed by atoms with E-state index in [0.717, 1.165) is 15.8 Å². The molecule has 1 N–H and O–H groups in total. The van der Waals surface area contributed by atoms with E-state index in [1.54, 1.807) is 6.92 Å². The maximum Gasteiger partial charge on any atom is 0.240 e. The van der Waals surface area contributed by atoms with Crippen molar-refractivity contribution in [2.24, 2.45) is 0 Å². The molecule has 1 radical (unpaired) electrons. The second-order valence-corrected chi connectivity index (χ2v) is 4.12. The number of H-pyrrole nitrogens is 1. The first kappa shape index (κ1) is 12.4. The van der Waals surface area contributed by atoms with Gasteiger partial charge in [0.1, 0.15) is 0 Å². The average Bonchev–Trinajstić information content (AvgIpc) is 2.43. The van der Waals surface area contributed by atoms with Gasteiger partial charge in [-0.25, -0.2) is 0 Å².